The van der Waals surface area contributed by atoms with E-state index in [2.05, 4.69) is 0 Å². The molecule has 5 nitrogen and oxygen atoms in total. The van der Waals surface area contributed by atoms with Crippen LogP contribution in [0.15, 0.2) is 36.4 Å². The molecule has 0 radical (unpaired) electrons. The van der Waals surface area contributed by atoms with Crippen LogP contribution < -0.4 is 0 Å². The van der Waals surface area contributed by atoms with Gasteiger partial charge in [0.05, 0.1) is 18.4 Å². The summed E-state index contributed by atoms with van der Waals surface area (Å²) in [6.45, 7) is 0.279. The number of carbonyl (C=O) groups excluding carboxylic acids is 3. The molecule has 1 heterocycles. The lowest BCUT2D eigenvalue weighted by Crippen LogP contribution is -2.30. The number of rotatable bonds is 3. The van der Waals surface area contributed by atoms with E-state index in [9.17, 15) is 14.4 Å². The van der Waals surface area contributed by atoms with Crippen molar-refractivity contribution in [2.45, 2.75) is 19.4 Å². The van der Waals surface area contributed by atoms with Crippen LogP contribution in [0, 0.1) is 11.8 Å². The number of allylic oxidation sites excluding steroid dienone is 2. The number of hydrogen-bond donors (Lipinski definition) is 0. The van der Waals surface area contributed by atoms with Crippen molar-refractivity contribution in [3.63, 3.8) is 0 Å². The third-order valence-corrected chi connectivity index (χ3v) is 4.55. The average molecular weight is 312 g/mol. The Morgan fingerprint density at radius 1 is 1.04 bits per heavy atom. The number of benzene rings is 1. The highest BCUT2D eigenvalue weighted by Crippen LogP contribution is 2.35. The third kappa shape index (κ3) is 2.79. The molecule has 2 unspecified atom stereocenters. The highest BCUT2D eigenvalue weighted by Gasteiger charge is 2.46. The molecule has 1 aliphatic heterocycles. The number of nitrogens with zero attached hydrogens (tertiary/aromatic N) is 2. The zero-order valence-electron chi connectivity index (χ0n) is 13.4. The lowest BCUT2D eigenvalue weighted by atomic mass is 9.85. The van der Waals surface area contributed by atoms with E-state index < -0.39 is 0 Å². The summed E-state index contributed by atoms with van der Waals surface area (Å²) in [6, 6.07) is 7.07. The fourth-order valence-electron chi connectivity index (χ4n) is 3.22. The first-order chi connectivity index (χ1) is 11.0. The Balaban J connectivity index is 1.74. The Morgan fingerprint density at radius 3 is 2.04 bits per heavy atom. The van der Waals surface area contributed by atoms with Crippen molar-refractivity contribution in [1.82, 2.24) is 9.80 Å². The first-order valence-corrected chi connectivity index (χ1v) is 7.80. The maximum atomic E-state index is 12.4. The maximum Gasteiger partial charge on any atom is 0.253 e. The molecule has 1 saturated heterocycles. The Bertz CT molecular complexity index is 650. The van der Waals surface area contributed by atoms with Crippen LogP contribution in [0.1, 0.15) is 28.8 Å². The Morgan fingerprint density at radius 2 is 1.57 bits per heavy atom. The number of carbonyl (C=O) groups is 3. The smallest absolute Gasteiger partial charge is 0.253 e. The van der Waals surface area contributed by atoms with E-state index in [4.69, 9.17) is 0 Å². The predicted octanol–water partition coefficient (Wildman–Crippen LogP) is 1.84. The molecule has 3 rings (SSSR count). The fourth-order valence-corrected chi connectivity index (χ4v) is 3.22. The van der Waals surface area contributed by atoms with Crippen LogP contribution in [0.2, 0.25) is 0 Å². The molecule has 5 heteroatoms. The summed E-state index contributed by atoms with van der Waals surface area (Å²) < 4.78 is 0. The quantitative estimate of drug-likeness (QED) is 0.632. The average Bonchev–Trinajstić information content (AvgIpc) is 2.80. The van der Waals surface area contributed by atoms with Gasteiger partial charge >= 0.3 is 0 Å². The predicted molar refractivity (Wildman–Crippen MR) is 85.4 cm³/mol. The fraction of sp³-hybridized carbons (Fsp3) is 0.389. The lowest BCUT2D eigenvalue weighted by molar-refractivity contribution is -0.140. The van der Waals surface area contributed by atoms with Gasteiger partial charge in [0.1, 0.15) is 0 Å². The van der Waals surface area contributed by atoms with Crippen LogP contribution in [0.3, 0.4) is 0 Å². The molecule has 0 spiro atoms. The second kappa shape index (κ2) is 5.99. The Hall–Kier alpha value is -2.43. The highest BCUT2D eigenvalue weighted by atomic mass is 16.2. The van der Waals surface area contributed by atoms with Crippen LogP contribution in [-0.4, -0.2) is 41.6 Å². The summed E-state index contributed by atoms with van der Waals surface area (Å²) in [7, 11) is 3.40. The second-order valence-electron chi connectivity index (χ2n) is 6.31. The van der Waals surface area contributed by atoms with Gasteiger partial charge in [-0.15, -0.1) is 0 Å². The molecule has 3 amide bonds. The topological polar surface area (TPSA) is 57.7 Å². The summed E-state index contributed by atoms with van der Waals surface area (Å²) in [5, 5.41) is 0. The molecule has 2 atom stereocenters. The minimum absolute atomic E-state index is 0.0676. The number of imide groups is 1. The van der Waals surface area contributed by atoms with Crippen LogP contribution in [0.4, 0.5) is 0 Å². The Labute approximate surface area is 135 Å². The molecule has 1 aromatic carbocycles. The molecule has 2 aliphatic rings. The normalized spacial score (nSPS) is 23.1. The summed E-state index contributed by atoms with van der Waals surface area (Å²) in [4.78, 5) is 39.6. The summed E-state index contributed by atoms with van der Waals surface area (Å²) in [5.74, 6) is -0.596. The first-order valence-electron chi connectivity index (χ1n) is 7.80. The van der Waals surface area contributed by atoms with Crippen LogP contribution in [-0.2, 0) is 16.1 Å². The lowest BCUT2D eigenvalue weighted by Gasteiger charge is -2.15. The van der Waals surface area contributed by atoms with Gasteiger partial charge in [-0.1, -0.05) is 24.3 Å². The van der Waals surface area contributed by atoms with Gasteiger partial charge in [0.25, 0.3) is 5.91 Å². The molecule has 120 valence electrons. The molecule has 1 fully saturated rings. The van der Waals surface area contributed by atoms with Gasteiger partial charge in [-0.05, 0) is 30.5 Å². The molecular weight excluding hydrogens is 292 g/mol. The van der Waals surface area contributed by atoms with E-state index >= 15 is 0 Å². The van der Waals surface area contributed by atoms with Gasteiger partial charge < -0.3 is 4.90 Å². The summed E-state index contributed by atoms with van der Waals surface area (Å²) >= 11 is 0. The van der Waals surface area contributed by atoms with E-state index in [1.54, 1.807) is 38.4 Å². The minimum Gasteiger partial charge on any atom is -0.345 e. The number of amides is 3. The van der Waals surface area contributed by atoms with Crippen molar-refractivity contribution in [2.24, 2.45) is 11.8 Å². The van der Waals surface area contributed by atoms with Gasteiger partial charge in [0.2, 0.25) is 11.8 Å². The Kier molecular flexibility index (Phi) is 4.03. The van der Waals surface area contributed by atoms with Crippen LogP contribution in [0.25, 0.3) is 0 Å². The molecule has 1 aliphatic carbocycles. The zero-order valence-corrected chi connectivity index (χ0v) is 13.4. The van der Waals surface area contributed by atoms with Crippen molar-refractivity contribution in [1.29, 1.82) is 0 Å². The number of likely N-dealkylation sites (tertiary alicyclic amines) is 1. The third-order valence-electron chi connectivity index (χ3n) is 4.55. The van der Waals surface area contributed by atoms with E-state index in [1.165, 1.54) is 9.80 Å². The van der Waals surface area contributed by atoms with Gasteiger partial charge in [0.15, 0.2) is 0 Å². The van der Waals surface area contributed by atoms with Crippen molar-refractivity contribution in [3.05, 3.63) is 47.5 Å². The molecule has 0 aromatic heterocycles. The highest BCUT2D eigenvalue weighted by molar-refractivity contribution is 6.05. The zero-order chi connectivity index (χ0) is 16.6. The SMILES string of the molecule is CN(C)C(=O)c1ccc(CN2C(=O)C3CC=CCC3C2=O)cc1. The summed E-state index contributed by atoms with van der Waals surface area (Å²) in [6.07, 6.45) is 5.28. The van der Waals surface area contributed by atoms with Gasteiger partial charge in [-0.25, -0.2) is 0 Å². The van der Waals surface area contributed by atoms with Crippen molar-refractivity contribution in [2.75, 3.05) is 14.1 Å². The van der Waals surface area contributed by atoms with Crippen molar-refractivity contribution < 1.29 is 14.4 Å². The van der Waals surface area contributed by atoms with Crippen molar-refractivity contribution in [3.8, 4) is 0 Å². The minimum atomic E-state index is -0.193. The molecule has 0 saturated carbocycles. The van der Waals surface area contributed by atoms with Crippen molar-refractivity contribution >= 4 is 17.7 Å². The monoisotopic (exact) mass is 312 g/mol. The van der Waals surface area contributed by atoms with E-state index in [0.29, 0.717) is 18.4 Å². The van der Waals surface area contributed by atoms with Gasteiger partial charge in [-0.3, -0.25) is 19.3 Å². The molecule has 1 aromatic rings. The maximum absolute atomic E-state index is 12.4. The van der Waals surface area contributed by atoms with Gasteiger partial charge in [0, 0.05) is 19.7 Å². The largest absolute Gasteiger partial charge is 0.345 e. The molecule has 23 heavy (non-hydrogen) atoms. The van der Waals surface area contributed by atoms with E-state index in [-0.39, 0.29) is 36.1 Å². The molecule has 0 N–H and O–H groups in total. The van der Waals surface area contributed by atoms with Gasteiger partial charge in [-0.2, -0.15) is 0 Å². The van der Waals surface area contributed by atoms with E-state index in [1.807, 2.05) is 12.2 Å². The standard InChI is InChI=1S/C18H20N2O3/c1-19(2)16(21)13-9-7-12(8-10-13)11-20-17(22)14-5-3-4-6-15(14)18(20)23/h3-4,7-10,14-15H,5-6,11H2,1-2H3. The second-order valence-corrected chi connectivity index (χ2v) is 6.31. The molecule has 0 bridgehead atoms. The van der Waals surface area contributed by atoms with E-state index in [0.717, 1.165) is 5.56 Å². The summed E-state index contributed by atoms with van der Waals surface area (Å²) in [5.41, 5.74) is 1.45. The number of fused-ring (bicyclic) bond motifs is 1. The number of hydrogen-bond acceptors (Lipinski definition) is 3. The van der Waals surface area contributed by atoms with Crippen LogP contribution >= 0.6 is 0 Å². The first kappa shape index (κ1) is 15.5. The van der Waals surface area contributed by atoms with Crippen LogP contribution in [0.5, 0.6) is 0 Å². The molecular formula is C18H20N2O3.